The van der Waals surface area contributed by atoms with E-state index in [0.29, 0.717) is 12.3 Å². The molecule has 0 aliphatic carbocycles. The van der Waals surface area contributed by atoms with Crippen LogP contribution in [0.25, 0.3) is 0 Å². The number of nitrogens with one attached hydrogen (secondary N) is 4. The molecule has 0 amide bonds. The summed E-state index contributed by atoms with van der Waals surface area (Å²) in [6.45, 7) is 21.5. The van der Waals surface area contributed by atoms with E-state index in [0.717, 1.165) is 73.2 Å². The molecule has 8 nitrogen and oxygen atoms in total. The van der Waals surface area contributed by atoms with Gasteiger partial charge in [0.2, 0.25) is 0 Å². The zero-order valence-corrected chi connectivity index (χ0v) is 31.1. The van der Waals surface area contributed by atoms with Crippen LogP contribution in [0.5, 0.6) is 5.75 Å². The molecule has 1 atom stereocenters. The number of rotatable bonds is 12. The normalized spacial score (nSPS) is 14.4. The van der Waals surface area contributed by atoms with Crippen LogP contribution in [0, 0.1) is 11.8 Å². The lowest BCUT2D eigenvalue weighted by Crippen LogP contribution is -2.36. The Kier molecular flexibility index (Phi) is 19.3. The first-order valence-corrected chi connectivity index (χ1v) is 17.8. The van der Waals surface area contributed by atoms with Crippen molar-refractivity contribution < 1.29 is 9.47 Å². The van der Waals surface area contributed by atoms with E-state index in [1.165, 1.54) is 48.9 Å². The molecule has 3 aromatic rings. The van der Waals surface area contributed by atoms with E-state index in [2.05, 4.69) is 96.4 Å². The molecule has 0 saturated carbocycles. The molecule has 4 N–H and O–H groups in total. The second kappa shape index (κ2) is 22.9. The molecular weight excluding hydrogens is 596 g/mol. The van der Waals surface area contributed by atoms with E-state index < -0.39 is 0 Å². The molecule has 1 aromatic carbocycles. The maximum absolute atomic E-state index is 5.50. The van der Waals surface area contributed by atoms with Gasteiger partial charge >= 0.3 is 0 Å². The number of benzene rings is 1. The first-order chi connectivity index (χ1) is 23.2. The van der Waals surface area contributed by atoms with Crippen molar-refractivity contribution in [1.82, 2.24) is 15.3 Å². The molecule has 0 saturated heterocycles. The molecule has 8 heteroatoms. The van der Waals surface area contributed by atoms with Gasteiger partial charge in [-0.15, -0.1) is 13.2 Å². The monoisotopic (exact) mass is 661 g/mol. The van der Waals surface area contributed by atoms with Crippen LogP contribution in [0.1, 0.15) is 83.3 Å². The molecule has 266 valence electrons. The zero-order chi connectivity index (χ0) is 35.3. The van der Waals surface area contributed by atoms with Crippen molar-refractivity contribution in [3.05, 3.63) is 84.2 Å². The predicted molar refractivity (Wildman–Crippen MR) is 206 cm³/mol. The Bertz CT molecular complexity index is 1310. The minimum atomic E-state index is 0.294. The summed E-state index contributed by atoms with van der Waals surface area (Å²) in [5, 5.41) is 13.1. The SMILES string of the molecule is C=C.CC(C)CCCc1ccc2c(n1)NCCO2.CNC1CCc2ccc(CC(C)C)cc2N1.CNc1cccc(CCOC(C)C)n1. The van der Waals surface area contributed by atoms with Crippen LogP contribution in [-0.4, -0.2) is 56.1 Å². The Hall–Kier alpha value is -3.62. The van der Waals surface area contributed by atoms with Crippen molar-refractivity contribution in [3.8, 4) is 5.75 Å². The highest BCUT2D eigenvalue weighted by atomic mass is 16.5. The maximum Gasteiger partial charge on any atom is 0.169 e. The highest BCUT2D eigenvalue weighted by Crippen LogP contribution is 2.27. The molecule has 1 unspecified atom stereocenters. The maximum atomic E-state index is 5.50. The number of pyridine rings is 2. The van der Waals surface area contributed by atoms with Gasteiger partial charge in [-0.25, -0.2) is 9.97 Å². The van der Waals surface area contributed by atoms with Crippen LogP contribution in [0.3, 0.4) is 0 Å². The first-order valence-electron chi connectivity index (χ1n) is 17.8. The van der Waals surface area contributed by atoms with Crippen molar-refractivity contribution in [2.45, 2.75) is 98.8 Å². The van der Waals surface area contributed by atoms with Gasteiger partial charge in [0.1, 0.15) is 12.4 Å². The standard InChI is InChI=1S/C14H22N2.C13H20N2O.C11H18N2O.C2H4/c1-10(2)8-11-4-5-12-6-7-14(15-3)16-13(12)9-11;1-10(2)4-3-5-11-6-7-12-13(15-11)14-8-9-16-12;1-9(2)14-8-7-10-5-4-6-11(12-3)13-10;1-2/h4-5,9-10,14-16H,6-8H2,1-3H3;6-7,10H,3-5,8-9H2,1-2H3,(H,14,15);4-6,9H,7-8H2,1-3H3,(H,12,13);1-2H2. The smallest absolute Gasteiger partial charge is 0.169 e. The summed E-state index contributed by atoms with van der Waals surface area (Å²) in [6.07, 6.45) is 8.65. The number of hydrogen-bond acceptors (Lipinski definition) is 8. The fourth-order valence-electron chi connectivity index (χ4n) is 5.40. The highest BCUT2D eigenvalue weighted by molar-refractivity contribution is 5.56. The van der Waals surface area contributed by atoms with Crippen molar-refractivity contribution in [1.29, 1.82) is 0 Å². The Morgan fingerprint density at radius 2 is 1.71 bits per heavy atom. The van der Waals surface area contributed by atoms with Crippen LogP contribution >= 0.6 is 0 Å². The van der Waals surface area contributed by atoms with Crippen molar-refractivity contribution >= 4 is 17.3 Å². The van der Waals surface area contributed by atoms with E-state index in [-0.39, 0.29) is 0 Å². The lowest BCUT2D eigenvalue weighted by molar-refractivity contribution is 0.0809. The molecule has 2 aliphatic heterocycles. The van der Waals surface area contributed by atoms with Crippen molar-refractivity contribution in [3.63, 3.8) is 0 Å². The topological polar surface area (TPSA) is 92.4 Å². The highest BCUT2D eigenvalue weighted by Gasteiger charge is 2.16. The average Bonchev–Trinajstić information content (AvgIpc) is 3.09. The summed E-state index contributed by atoms with van der Waals surface area (Å²) in [5.41, 5.74) is 6.45. The van der Waals surface area contributed by atoms with Gasteiger partial charge in [0, 0.05) is 30.5 Å². The number of aryl methyl sites for hydroxylation is 2. The third-order valence-electron chi connectivity index (χ3n) is 7.85. The second-order valence-corrected chi connectivity index (χ2v) is 13.3. The van der Waals surface area contributed by atoms with Gasteiger partial charge in [0.25, 0.3) is 0 Å². The Morgan fingerprint density at radius 1 is 0.938 bits per heavy atom. The molecule has 4 heterocycles. The Balaban J connectivity index is 0.000000244. The number of ether oxygens (including phenoxy) is 2. The summed E-state index contributed by atoms with van der Waals surface area (Å²) in [4.78, 5) is 8.97. The summed E-state index contributed by atoms with van der Waals surface area (Å²) in [7, 11) is 3.89. The predicted octanol–water partition coefficient (Wildman–Crippen LogP) is 8.55. The van der Waals surface area contributed by atoms with Crippen LogP contribution in [-0.2, 0) is 30.4 Å². The van der Waals surface area contributed by atoms with Gasteiger partial charge in [0.05, 0.1) is 25.4 Å². The van der Waals surface area contributed by atoms with Gasteiger partial charge in [0.15, 0.2) is 11.6 Å². The summed E-state index contributed by atoms with van der Waals surface area (Å²) >= 11 is 0. The second-order valence-electron chi connectivity index (χ2n) is 13.3. The Morgan fingerprint density at radius 3 is 2.40 bits per heavy atom. The van der Waals surface area contributed by atoms with E-state index in [1.807, 2.05) is 52.2 Å². The van der Waals surface area contributed by atoms with Gasteiger partial charge in [-0.1, -0.05) is 52.3 Å². The lowest BCUT2D eigenvalue weighted by Gasteiger charge is -2.27. The molecule has 0 radical (unpaired) electrons. The third kappa shape index (κ3) is 15.5. The molecular formula is C40H64N6O2. The molecule has 48 heavy (non-hydrogen) atoms. The summed E-state index contributed by atoms with van der Waals surface area (Å²) < 4.78 is 11.0. The van der Waals surface area contributed by atoms with E-state index >= 15 is 0 Å². The molecule has 0 bridgehead atoms. The number of nitrogens with zero attached hydrogens (tertiary/aromatic N) is 2. The van der Waals surface area contributed by atoms with Crippen LogP contribution in [0.15, 0.2) is 61.7 Å². The lowest BCUT2D eigenvalue weighted by atomic mass is 9.96. The summed E-state index contributed by atoms with van der Waals surface area (Å²) in [5.74, 6) is 4.21. The van der Waals surface area contributed by atoms with Crippen LogP contribution in [0.2, 0.25) is 0 Å². The molecule has 0 spiro atoms. The first kappa shape index (κ1) is 40.6. The molecule has 5 rings (SSSR count). The van der Waals surface area contributed by atoms with E-state index in [9.17, 15) is 0 Å². The van der Waals surface area contributed by atoms with Crippen LogP contribution < -0.4 is 26.0 Å². The van der Waals surface area contributed by atoms with Gasteiger partial charge in [-0.3, -0.25) is 0 Å². The third-order valence-corrected chi connectivity index (χ3v) is 7.85. The molecule has 2 aromatic heterocycles. The Labute approximate surface area is 291 Å². The zero-order valence-electron chi connectivity index (χ0n) is 31.1. The average molecular weight is 661 g/mol. The van der Waals surface area contributed by atoms with Gasteiger partial charge < -0.3 is 30.7 Å². The van der Waals surface area contributed by atoms with Crippen molar-refractivity contribution in [2.24, 2.45) is 11.8 Å². The number of anilines is 3. The van der Waals surface area contributed by atoms with E-state index in [4.69, 9.17) is 9.47 Å². The number of aromatic nitrogens is 2. The largest absolute Gasteiger partial charge is 0.488 e. The number of hydrogen-bond donors (Lipinski definition) is 4. The van der Waals surface area contributed by atoms with E-state index in [1.54, 1.807) is 0 Å². The fourth-order valence-corrected chi connectivity index (χ4v) is 5.40. The minimum absolute atomic E-state index is 0.294. The van der Waals surface area contributed by atoms with Gasteiger partial charge in [-0.2, -0.15) is 0 Å². The minimum Gasteiger partial charge on any atom is -0.488 e. The quantitative estimate of drug-likeness (QED) is 0.144. The van der Waals surface area contributed by atoms with Gasteiger partial charge in [-0.05, 0) is 106 Å². The fraction of sp³-hybridized carbons (Fsp3) is 0.550. The molecule has 0 fully saturated rings. The molecule has 2 aliphatic rings. The summed E-state index contributed by atoms with van der Waals surface area (Å²) in [6, 6.07) is 17.0. The van der Waals surface area contributed by atoms with Crippen molar-refractivity contribution in [2.75, 3.05) is 49.8 Å². The number of fused-ring (bicyclic) bond motifs is 2. The van der Waals surface area contributed by atoms with Crippen LogP contribution in [0.4, 0.5) is 17.3 Å².